The Labute approximate surface area is 153 Å². The smallest absolute Gasteiger partial charge is 0.250 e. The van der Waals surface area contributed by atoms with E-state index < -0.39 is 0 Å². The van der Waals surface area contributed by atoms with Crippen molar-refractivity contribution >= 4 is 29.1 Å². The third-order valence-electron chi connectivity index (χ3n) is 4.08. The summed E-state index contributed by atoms with van der Waals surface area (Å²) in [4.78, 5) is 23.5. The maximum Gasteiger partial charge on any atom is 0.250 e. The highest BCUT2D eigenvalue weighted by atomic mass is 35.5. The van der Waals surface area contributed by atoms with Crippen molar-refractivity contribution < 1.29 is 14.3 Å². The Morgan fingerprint density at radius 1 is 1.20 bits per heavy atom. The van der Waals surface area contributed by atoms with Gasteiger partial charge >= 0.3 is 0 Å². The van der Waals surface area contributed by atoms with E-state index in [0.29, 0.717) is 17.3 Å². The van der Waals surface area contributed by atoms with E-state index in [2.05, 4.69) is 16.7 Å². The number of rotatable bonds is 8. The summed E-state index contributed by atoms with van der Waals surface area (Å²) >= 11 is 6.01. The normalized spacial score (nSPS) is 13.9. The summed E-state index contributed by atoms with van der Waals surface area (Å²) < 4.78 is 5.15. The first-order valence-electron chi connectivity index (χ1n) is 8.63. The zero-order valence-corrected chi connectivity index (χ0v) is 15.3. The summed E-state index contributed by atoms with van der Waals surface area (Å²) in [7, 11) is 0. The topological polar surface area (TPSA) is 67.4 Å². The van der Waals surface area contributed by atoms with E-state index in [1.165, 1.54) is 18.4 Å². The Kier molecular flexibility index (Phi) is 7.95. The second kappa shape index (κ2) is 10.2. The molecule has 1 aromatic carbocycles. The van der Waals surface area contributed by atoms with Crippen molar-refractivity contribution in [2.45, 2.75) is 39.0 Å². The number of nitrogens with one attached hydrogen (secondary N) is 2. The number of ether oxygens (including phenoxy) is 1. The van der Waals surface area contributed by atoms with Crippen LogP contribution in [0.1, 0.15) is 37.7 Å². The van der Waals surface area contributed by atoms with Crippen LogP contribution in [-0.2, 0) is 14.3 Å². The van der Waals surface area contributed by atoms with Gasteiger partial charge in [-0.15, -0.1) is 0 Å². The first-order chi connectivity index (χ1) is 12.0. The number of hydrogen-bond donors (Lipinski definition) is 2. The number of carbonyl (C=O) groups is 2. The van der Waals surface area contributed by atoms with E-state index in [0.717, 1.165) is 24.8 Å². The minimum Gasteiger partial charge on any atom is -0.362 e. The average molecular weight is 365 g/mol. The van der Waals surface area contributed by atoms with E-state index in [9.17, 15) is 9.59 Å². The maximum atomic E-state index is 11.8. The molecule has 0 fully saturated rings. The summed E-state index contributed by atoms with van der Waals surface area (Å²) in [6.07, 6.45) is 7.95. The average Bonchev–Trinajstić information content (AvgIpc) is 2.59. The Morgan fingerprint density at radius 3 is 2.72 bits per heavy atom. The molecular formula is C19H25ClN2O3. The third kappa shape index (κ3) is 7.28. The Morgan fingerprint density at radius 2 is 2.00 bits per heavy atom. The van der Waals surface area contributed by atoms with Crippen LogP contribution in [0.15, 0.2) is 29.8 Å². The van der Waals surface area contributed by atoms with Gasteiger partial charge in [0.05, 0.1) is 0 Å². The monoisotopic (exact) mass is 364 g/mol. The van der Waals surface area contributed by atoms with Crippen molar-refractivity contribution in [2.24, 2.45) is 0 Å². The molecule has 0 aromatic heterocycles. The fourth-order valence-electron chi connectivity index (χ4n) is 2.65. The molecule has 0 unspecified atom stereocenters. The minimum atomic E-state index is -0.319. The van der Waals surface area contributed by atoms with Crippen LogP contribution in [0.3, 0.4) is 0 Å². The summed E-state index contributed by atoms with van der Waals surface area (Å²) in [6.45, 7) is 2.20. The fraction of sp³-hybridized carbons (Fsp3) is 0.474. The molecule has 2 rings (SSSR count). The molecule has 6 heteroatoms. The van der Waals surface area contributed by atoms with Gasteiger partial charge < -0.3 is 15.4 Å². The Hall–Kier alpha value is -1.85. The van der Waals surface area contributed by atoms with E-state index >= 15 is 0 Å². The Balaban J connectivity index is 1.59. The molecule has 0 radical (unpaired) electrons. The molecule has 1 aliphatic carbocycles. The molecule has 0 heterocycles. The van der Waals surface area contributed by atoms with Crippen LogP contribution in [0.2, 0.25) is 5.02 Å². The van der Waals surface area contributed by atoms with Crippen LogP contribution in [0.25, 0.3) is 0 Å². The number of aryl methyl sites for hydroxylation is 1. The lowest BCUT2D eigenvalue weighted by molar-refractivity contribution is -0.128. The molecule has 0 bridgehead atoms. The largest absolute Gasteiger partial charge is 0.362 e. The lowest BCUT2D eigenvalue weighted by atomic mass is 9.97. The van der Waals surface area contributed by atoms with Crippen molar-refractivity contribution in [1.29, 1.82) is 0 Å². The van der Waals surface area contributed by atoms with Gasteiger partial charge in [-0.05, 0) is 56.7 Å². The molecule has 5 nitrogen and oxygen atoms in total. The van der Waals surface area contributed by atoms with Crippen LogP contribution >= 0.6 is 11.6 Å². The van der Waals surface area contributed by atoms with E-state index in [1.54, 1.807) is 12.1 Å². The van der Waals surface area contributed by atoms with Crippen LogP contribution in [0, 0.1) is 6.92 Å². The predicted octanol–water partition coefficient (Wildman–Crippen LogP) is 3.61. The predicted molar refractivity (Wildman–Crippen MR) is 99.8 cm³/mol. The maximum absolute atomic E-state index is 11.8. The zero-order valence-electron chi connectivity index (χ0n) is 14.6. The van der Waals surface area contributed by atoms with Gasteiger partial charge in [-0.3, -0.25) is 9.59 Å². The highest BCUT2D eigenvalue weighted by Crippen LogP contribution is 2.20. The lowest BCUT2D eigenvalue weighted by Crippen LogP contribution is -2.30. The number of allylic oxidation sites excluding steroid dienone is 1. The number of anilines is 1. The van der Waals surface area contributed by atoms with Crippen molar-refractivity contribution in [1.82, 2.24) is 5.32 Å². The molecular weight excluding hydrogens is 340 g/mol. The number of benzene rings is 1. The second-order valence-electron chi connectivity index (χ2n) is 6.21. The molecule has 0 atom stereocenters. The zero-order chi connectivity index (χ0) is 18.1. The van der Waals surface area contributed by atoms with Gasteiger partial charge in [0.15, 0.2) is 0 Å². The highest BCUT2D eigenvalue weighted by Gasteiger charge is 2.08. The van der Waals surface area contributed by atoms with Crippen molar-refractivity contribution in [2.75, 3.05) is 25.1 Å². The van der Waals surface area contributed by atoms with Crippen molar-refractivity contribution in [3.63, 3.8) is 0 Å². The third-order valence-corrected chi connectivity index (χ3v) is 4.48. The van der Waals surface area contributed by atoms with E-state index in [1.807, 2.05) is 13.0 Å². The summed E-state index contributed by atoms with van der Waals surface area (Å²) in [6, 6.07) is 5.28. The lowest BCUT2D eigenvalue weighted by Gasteiger charge is -2.13. The van der Waals surface area contributed by atoms with Crippen LogP contribution < -0.4 is 10.6 Å². The molecule has 2 amide bonds. The van der Waals surface area contributed by atoms with E-state index in [4.69, 9.17) is 16.3 Å². The summed E-state index contributed by atoms with van der Waals surface area (Å²) in [5, 5.41) is 6.08. The molecule has 136 valence electrons. The molecule has 1 aliphatic rings. The molecule has 1 aromatic rings. The summed E-state index contributed by atoms with van der Waals surface area (Å²) in [5.41, 5.74) is 2.97. The quantitative estimate of drug-likeness (QED) is 0.692. The fourth-order valence-corrected chi connectivity index (χ4v) is 2.83. The van der Waals surface area contributed by atoms with Crippen molar-refractivity contribution in [3.8, 4) is 0 Å². The highest BCUT2D eigenvalue weighted by molar-refractivity contribution is 6.31. The SMILES string of the molecule is Cc1ccc(NC(=O)COCC(=O)NCCC2=CCCCC2)cc1Cl. The second-order valence-corrected chi connectivity index (χ2v) is 6.62. The van der Waals surface area contributed by atoms with E-state index in [-0.39, 0.29) is 25.0 Å². The van der Waals surface area contributed by atoms with Crippen LogP contribution in [0.5, 0.6) is 0 Å². The van der Waals surface area contributed by atoms with Gasteiger partial charge in [0.2, 0.25) is 11.8 Å². The first kappa shape index (κ1) is 19.5. The van der Waals surface area contributed by atoms with Gasteiger partial charge in [-0.1, -0.05) is 29.3 Å². The summed E-state index contributed by atoms with van der Waals surface area (Å²) in [5.74, 6) is -0.525. The molecule has 0 aliphatic heterocycles. The minimum absolute atomic E-state index is 0.124. The number of hydrogen-bond acceptors (Lipinski definition) is 3. The molecule has 0 saturated carbocycles. The number of halogens is 1. The number of amides is 2. The molecule has 0 saturated heterocycles. The molecule has 25 heavy (non-hydrogen) atoms. The van der Waals surface area contributed by atoms with Crippen LogP contribution in [-0.4, -0.2) is 31.6 Å². The first-order valence-corrected chi connectivity index (χ1v) is 9.01. The van der Waals surface area contributed by atoms with Gasteiger partial charge in [-0.25, -0.2) is 0 Å². The standard InChI is InChI=1S/C19H25ClN2O3/c1-14-7-8-16(11-17(14)20)22-19(24)13-25-12-18(23)21-10-9-15-5-3-2-4-6-15/h5,7-8,11H,2-4,6,9-10,12-13H2,1H3,(H,21,23)(H,22,24). The van der Waals surface area contributed by atoms with Gasteiger partial charge in [0, 0.05) is 17.3 Å². The van der Waals surface area contributed by atoms with Gasteiger partial charge in [-0.2, -0.15) is 0 Å². The number of carbonyl (C=O) groups excluding carboxylic acids is 2. The van der Waals surface area contributed by atoms with Gasteiger partial charge in [0.25, 0.3) is 0 Å². The Bertz CT molecular complexity index is 644. The molecule has 0 spiro atoms. The molecule has 2 N–H and O–H groups in total. The van der Waals surface area contributed by atoms with Crippen molar-refractivity contribution in [3.05, 3.63) is 40.4 Å². The van der Waals surface area contributed by atoms with Crippen LogP contribution in [0.4, 0.5) is 5.69 Å². The van der Waals surface area contributed by atoms with Gasteiger partial charge in [0.1, 0.15) is 13.2 Å².